The predicted octanol–water partition coefficient (Wildman–Crippen LogP) is 3.23. The highest BCUT2D eigenvalue weighted by Crippen LogP contribution is 2.15. The van der Waals surface area contributed by atoms with Crippen LogP contribution >= 0.6 is 0 Å². The van der Waals surface area contributed by atoms with Crippen LogP contribution in [0.4, 0.5) is 0 Å². The van der Waals surface area contributed by atoms with Crippen LogP contribution in [0.15, 0.2) is 25.3 Å². The van der Waals surface area contributed by atoms with Gasteiger partial charge in [0.15, 0.2) is 0 Å². The van der Waals surface area contributed by atoms with Crippen molar-refractivity contribution in [2.75, 3.05) is 14.2 Å². The largest absolute Gasteiger partial charge is 0.467 e. The number of carbonyl (C=O) groups is 3. The molecule has 6 nitrogen and oxygen atoms in total. The van der Waals surface area contributed by atoms with Crippen molar-refractivity contribution in [3.63, 3.8) is 0 Å². The molecule has 1 N–H and O–H groups in total. The second-order valence-corrected chi connectivity index (χ2v) is 7.01. The van der Waals surface area contributed by atoms with Gasteiger partial charge in [0.1, 0.15) is 12.1 Å². The Morgan fingerprint density at radius 2 is 1.74 bits per heavy atom. The number of ether oxygens (including phenoxy) is 1. The number of amides is 2. The number of methoxy groups -OCH3 is 1. The van der Waals surface area contributed by atoms with E-state index in [0.29, 0.717) is 12.8 Å². The minimum atomic E-state index is -0.721. The highest BCUT2D eigenvalue weighted by Gasteiger charge is 2.28. The molecular formula is C21H36N2O4. The lowest BCUT2D eigenvalue weighted by atomic mass is 9.96. The molecule has 0 aliphatic heterocycles. The van der Waals surface area contributed by atoms with E-state index in [1.165, 1.54) is 12.0 Å². The number of rotatable bonds is 14. The Morgan fingerprint density at radius 1 is 1.11 bits per heavy atom. The lowest BCUT2D eigenvalue weighted by Gasteiger charge is -2.27. The smallest absolute Gasteiger partial charge is 0.328 e. The third-order valence-corrected chi connectivity index (χ3v) is 4.71. The SMILES string of the molecule is C=CCCCCC(=O)N(C)C(C)C(=O)NC(CC(C)CCC=C)C(=O)OC. The van der Waals surface area contributed by atoms with Gasteiger partial charge in [-0.25, -0.2) is 4.79 Å². The van der Waals surface area contributed by atoms with Crippen molar-refractivity contribution in [2.45, 2.75) is 70.9 Å². The fourth-order valence-electron chi connectivity index (χ4n) is 2.70. The Bertz CT molecular complexity index is 504. The summed E-state index contributed by atoms with van der Waals surface area (Å²) in [5.41, 5.74) is 0. The Kier molecular flexibility index (Phi) is 12.9. The molecule has 0 aromatic carbocycles. The first-order valence-electron chi connectivity index (χ1n) is 9.64. The highest BCUT2D eigenvalue weighted by molar-refractivity contribution is 5.90. The molecular weight excluding hydrogens is 344 g/mol. The minimum absolute atomic E-state index is 0.0873. The van der Waals surface area contributed by atoms with Crippen molar-refractivity contribution in [1.29, 1.82) is 0 Å². The molecule has 2 amide bonds. The van der Waals surface area contributed by atoms with E-state index < -0.39 is 18.1 Å². The number of allylic oxidation sites excluding steroid dienone is 2. The van der Waals surface area contributed by atoms with Crippen LogP contribution in [0.2, 0.25) is 0 Å². The van der Waals surface area contributed by atoms with Crippen LogP contribution in [-0.2, 0) is 19.1 Å². The summed E-state index contributed by atoms with van der Waals surface area (Å²) in [5.74, 6) is -0.690. The monoisotopic (exact) mass is 380 g/mol. The molecule has 0 radical (unpaired) electrons. The molecule has 0 aromatic rings. The van der Waals surface area contributed by atoms with Crippen LogP contribution in [0.25, 0.3) is 0 Å². The number of likely N-dealkylation sites (N-methyl/N-ethyl adjacent to an activating group) is 1. The van der Waals surface area contributed by atoms with Crippen LogP contribution < -0.4 is 5.32 Å². The van der Waals surface area contributed by atoms with E-state index >= 15 is 0 Å². The summed E-state index contributed by atoms with van der Waals surface area (Å²) in [6.45, 7) is 11.0. The van der Waals surface area contributed by atoms with Crippen LogP contribution in [0.1, 0.15) is 58.8 Å². The van der Waals surface area contributed by atoms with Gasteiger partial charge in [-0.1, -0.05) is 19.1 Å². The normalized spacial score (nSPS) is 13.8. The van der Waals surface area contributed by atoms with Gasteiger partial charge in [-0.3, -0.25) is 9.59 Å². The lowest BCUT2D eigenvalue weighted by Crippen LogP contribution is -2.51. The molecule has 0 heterocycles. The van der Waals surface area contributed by atoms with E-state index in [1.54, 1.807) is 14.0 Å². The van der Waals surface area contributed by atoms with Gasteiger partial charge in [0.05, 0.1) is 7.11 Å². The molecule has 0 aliphatic rings. The zero-order valence-corrected chi connectivity index (χ0v) is 17.3. The second kappa shape index (κ2) is 14.0. The van der Waals surface area contributed by atoms with Gasteiger partial charge in [0.25, 0.3) is 0 Å². The Hall–Kier alpha value is -2.11. The van der Waals surface area contributed by atoms with Crippen LogP contribution in [0.3, 0.4) is 0 Å². The average molecular weight is 381 g/mol. The van der Waals surface area contributed by atoms with Crippen molar-refractivity contribution < 1.29 is 19.1 Å². The number of carbonyl (C=O) groups excluding carboxylic acids is 3. The van der Waals surface area contributed by atoms with E-state index in [2.05, 4.69) is 18.5 Å². The standard InChI is InChI=1S/C21H36N2O4/c1-7-9-11-12-14-19(24)23(5)17(4)20(25)22-18(21(26)27-6)15-16(3)13-10-8-2/h7-8,16-18H,1-2,9-15H2,3-6H3,(H,22,25). The third-order valence-electron chi connectivity index (χ3n) is 4.71. The molecule has 0 fully saturated rings. The fraction of sp³-hybridized carbons (Fsp3) is 0.667. The van der Waals surface area contributed by atoms with Crippen LogP contribution in [0.5, 0.6) is 0 Å². The summed E-state index contributed by atoms with van der Waals surface area (Å²) in [4.78, 5) is 38.3. The fourth-order valence-corrected chi connectivity index (χ4v) is 2.70. The summed E-state index contributed by atoms with van der Waals surface area (Å²) in [7, 11) is 2.91. The first kappa shape index (κ1) is 24.9. The molecule has 3 atom stereocenters. The molecule has 3 unspecified atom stereocenters. The van der Waals surface area contributed by atoms with E-state index in [4.69, 9.17) is 4.74 Å². The lowest BCUT2D eigenvalue weighted by molar-refractivity contribution is -0.146. The van der Waals surface area contributed by atoms with Crippen molar-refractivity contribution >= 4 is 17.8 Å². The molecule has 0 spiro atoms. The molecule has 6 heteroatoms. The summed E-state index contributed by atoms with van der Waals surface area (Å²) in [6, 6.07) is -1.38. The Labute approximate surface area is 164 Å². The zero-order chi connectivity index (χ0) is 20.8. The number of nitrogens with zero attached hydrogens (tertiary/aromatic N) is 1. The maximum Gasteiger partial charge on any atom is 0.328 e. The molecule has 0 bridgehead atoms. The van der Waals surface area contributed by atoms with Crippen molar-refractivity contribution in [3.05, 3.63) is 25.3 Å². The minimum Gasteiger partial charge on any atom is -0.467 e. The Morgan fingerprint density at radius 3 is 2.30 bits per heavy atom. The molecule has 27 heavy (non-hydrogen) atoms. The maximum absolute atomic E-state index is 12.5. The number of hydrogen-bond donors (Lipinski definition) is 1. The first-order chi connectivity index (χ1) is 12.8. The van der Waals surface area contributed by atoms with Gasteiger partial charge in [0.2, 0.25) is 11.8 Å². The van der Waals surface area contributed by atoms with Crippen LogP contribution in [0, 0.1) is 5.92 Å². The predicted molar refractivity (Wildman–Crippen MR) is 108 cm³/mol. The summed E-state index contributed by atoms with van der Waals surface area (Å²) < 4.78 is 4.82. The summed E-state index contributed by atoms with van der Waals surface area (Å²) >= 11 is 0. The third kappa shape index (κ3) is 9.97. The Balaban J connectivity index is 4.74. The highest BCUT2D eigenvalue weighted by atomic mass is 16.5. The first-order valence-corrected chi connectivity index (χ1v) is 9.64. The van der Waals surface area contributed by atoms with Gasteiger partial charge in [0, 0.05) is 13.5 Å². The second-order valence-electron chi connectivity index (χ2n) is 7.01. The summed E-state index contributed by atoms with van der Waals surface area (Å²) in [5, 5.41) is 2.74. The van der Waals surface area contributed by atoms with Crippen molar-refractivity contribution in [1.82, 2.24) is 10.2 Å². The molecule has 0 aliphatic carbocycles. The summed E-state index contributed by atoms with van der Waals surface area (Å²) in [6.07, 6.45) is 8.80. The van der Waals surface area contributed by atoms with E-state index in [9.17, 15) is 14.4 Å². The van der Waals surface area contributed by atoms with Crippen molar-refractivity contribution in [3.8, 4) is 0 Å². The average Bonchev–Trinajstić information content (AvgIpc) is 2.66. The van der Waals surface area contributed by atoms with Crippen molar-refractivity contribution in [2.24, 2.45) is 5.92 Å². The molecule has 0 saturated carbocycles. The number of esters is 1. The van der Waals surface area contributed by atoms with E-state index in [-0.39, 0.29) is 17.7 Å². The van der Waals surface area contributed by atoms with Gasteiger partial charge in [-0.05, 0) is 51.4 Å². The van der Waals surface area contributed by atoms with Gasteiger partial charge >= 0.3 is 5.97 Å². The molecule has 0 saturated heterocycles. The van der Waals surface area contributed by atoms with Gasteiger partial charge in [-0.15, -0.1) is 13.2 Å². The number of hydrogen-bond acceptors (Lipinski definition) is 4. The molecule has 0 rings (SSSR count). The number of unbranched alkanes of at least 4 members (excludes halogenated alkanes) is 2. The molecule has 154 valence electrons. The zero-order valence-electron chi connectivity index (χ0n) is 17.3. The molecule has 0 aromatic heterocycles. The van der Waals surface area contributed by atoms with E-state index in [0.717, 1.165) is 32.1 Å². The maximum atomic E-state index is 12.5. The number of nitrogens with one attached hydrogen (secondary N) is 1. The van der Waals surface area contributed by atoms with Crippen LogP contribution in [-0.4, -0.2) is 48.9 Å². The van der Waals surface area contributed by atoms with E-state index in [1.807, 2.05) is 19.1 Å². The quantitative estimate of drug-likeness (QED) is 0.285. The topological polar surface area (TPSA) is 75.7 Å². The van der Waals surface area contributed by atoms with Gasteiger partial charge in [-0.2, -0.15) is 0 Å². The van der Waals surface area contributed by atoms with Gasteiger partial charge < -0.3 is 15.0 Å².